The molecule has 1 aliphatic heterocycles. The van der Waals surface area contributed by atoms with Crippen LogP contribution >= 0.6 is 24.8 Å². The Morgan fingerprint density at radius 3 is 2.28 bits per heavy atom. The van der Waals surface area contributed by atoms with Crippen LogP contribution in [-0.2, 0) is 16.1 Å². The number of likely N-dealkylation sites (N-methyl/N-ethyl adjacent to an activating group) is 1. The average Bonchev–Trinajstić information content (AvgIpc) is 2.54. The van der Waals surface area contributed by atoms with Crippen molar-refractivity contribution in [2.75, 3.05) is 20.1 Å². The number of nitrogens with two attached hydrogens (primary N) is 2. The van der Waals surface area contributed by atoms with Crippen LogP contribution in [-0.4, -0.2) is 53.8 Å². The maximum absolute atomic E-state index is 12.2. The first-order valence-corrected chi connectivity index (χ1v) is 8.04. The second-order valence-electron chi connectivity index (χ2n) is 6.22. The lowest BCUT2D eigenvalue weighted by molar-refractivity contribution is -0.136. The van der Waals surface area contributed by atoms with Gasteiger partial charge in [0.1, 0.15) is 0 Å². The molecule has 1 aliphatic rings. The standard InChI is InChI=1S/C17H26N4O2.2ClH/c1-20(17(23)15(18)11-16(19)22)14-7-9-21(10-8-14)12-13-5-3-2-4-6-13;;/h2-6,14-15H,7-12,18H2,1H3,(H2,19,22);2*1H. The van der Waals surface area contributed by atoms with Crippen molar-refractivity contribution in [3.8, 4) is 0 Å². The quantitative estimate of drug-likeness (QED) is 0.761. The lowest BCUT2D eigenvalue weighted by atomic mass is 10.0. The minimum Gasteiger partial charge on any atom is -0.370 e. The topological polar surface area (TPSA) is 92.7 Å². The highest BCUT2D eigenvalue weighted by atomic mass is 35.5. The molecule has 0 aliphatic carbocycles. The van der Waals surface area contributed by atoms with Crippen molar-refractivity contribution in [2.24, 2.45) is 11.5 Å². The zero-order valence-corrected chi connectivity index (χ0v) is 16.1. The van der Waals surface area contributed by atoms with Gasteiger partial charge in [0.05, 0.1) is 12.5 Å². The van der Waals surface area contributed by atoms with E-state index in [1.54, 1.807) is 11.9 Å². The number of amides is 2. The van der Waals surface area contributed by atoms with E-state index in [9.17, 15) is 9.59 Å². The molecule has 1 fully saturated rings. The van der Waals surface area contributed by atoms with Gasteiger partial charge in [-0.2, -0.15) is 0 Å². The van der Waals surface area contributed by atoms with Crippen molar-refractivity contribution >= 4 is 36.6 Å². The normalized spacial score (nSPS) is 16.2. The summed E-state index contributed by atoms with van der Waals surface area (Å²) in [6.45, 7) is 2.83. The molecule has 1 saturated heterocycles. The first-order chi connectivity index (χ1) is 11.0. The molecule has 2 rings (SSSR count). The number of nitrogens with zero attached hydrogens (tertiary/aromatic N) is 2. The summed E-state index contributed by atoms with van der Waals surface area (Å²) in [5.41, 5.74) is 12.2. The Bertz CT molecular complexity index is 537. The molecule has 6 nitrogen and oxygen atoms in total. The fraction of sp³-hybridized carbons (Fsp3) is 0.529. The zero-order valence-electron chi connectivity index (χ0n) is 14.5. The van der Waals surface area contributed by atoms with Gasteiger partial charge in [-0.25, -0.2) is 0 Å². The molecule has 142 valence electrons. The van der Waals surface area contributed by atoms with Crippen molar-refractivity contribution in [1.29, 1.82) is 0 Å². The lowest BCUT2D eigenvalue weighted by Crippen LogP contribution is -2.51. The summed E-state index contributed by atoms with van der Waals surface area (Å²) in [6, 6.07) is 9.72. The largest absolute Gasteiger partial charge is 0.370 e. The van der Waals surface area contributed by atoms with E-state index in [0.717, 1.165) is 32.5 Å². The Morgan fingerprint density at radius 1 is 1.20 bits per heavy atom. The summed E-state index contributed by atoms with van der Waals surface area (Å²) >= 11 is 0. The molecule has 25 heavy (non-hydrogen) atoms. The molecule has 0 bridgehead atoms. The van der Waals surface area contributed by atoms with Gasteiger partial charge < -0.3 is 16.4 Å². The molecule has 0 spiro atoms. The average molecular weight is 391 g/mol. The molecule has 0 saturated carbocycles. The molecule has 1 atom stereocenters. The molecule has 4 N–H and O–H groups in total. The maximum Gasteiger partial charge on any atom is 0.240 e. The Kier molecular flexibility index (Phi) is 10.7. The highest BCUT2D eigenvalue weighted by Gasteiger charge is 2.28. The predicted octanol–water partition coefficient (Wildman–Crippen LogP) is 1.16. The highest BCUT2D eigenvalue weighted by molar-refractivity contribution is 5.87. The van der Waals surface area contributed by atoms with E-state index in [4.69, 9.17) is 11.5 Å². The number of piperidine rings is 1. The van der Waals surface area contributed by atoms with E-state index in [-0.39, 0.29) is 43.2 Å². The van der Waals surface area contributed by atoms with Crippen LogP contribution in [0.15, 0.2) is 30.3 Å². The van der Waals surface area contributed by atoms with E-state index in [2.05, 4.69) is 29.2 Å². The molecule has 8 heteroatoms. The number of carbonyl (C=O) groups excluding carboxylic acids is 2. The van der Waals surface area contributed by atoms with E-state index in [1.165, 1.54) is 5.56 Å². The monoisotopic (exact) mass is 390 g/mol. The third-order valence-corrected chi connectivity index (χ3v) is 4.44. The second kappa shape index (κ2) is 11.3. The van der Waals surface area contributed by atoms with Crippen LogP contribution in [0.2, 0.25) is 0 Å². The van der Waals surface area contributed by atoms with Gasteiger partial charge in [-0.3, -0.25) is 14.5 Å². The van der Waals surface area contributed by atoms with E-state index >= 15 is 0 Å². The van der Waals surface area contributed by atoms with Gasteiger partial charge >= 0.3 is 0 Å². The van der Waals surface area contributed by atoms with Crippen LogP contribution < -0.4 is 11.5 Å². The number of hydrogen-bond acceptors (Lipinski definition) is 4. The van der Waals surface area contributed by atoms with Crippen LogP contribution in [0.25, 0.3) is 0 Å². The van der Waals surface area contributed by atoms with Gasteiger partial charge in [0, 0.05) is 32.7 Å². The van der Waals surface area contributed by atoms with Gasteiger partial charge in [0.25, 0.3) is 0 Å². The number of primary amides is 1. The van der Waals surface area contributed by atoms with E-state index in [1.807, 2.05) is 6.07 Å². The SMILES string of the molecule is CN(C(=O)C(N)CC(N)=O)C1CCN(Cc2ccccc2)CC1.Cl.Cl. The summed E-state index contributed by atoms with van der Waals surface area (Å²) in [5, 5.41) is 0. The Morgan fingerprint density at radius 2 is 1.76 bits per heavy atom. The minimum atomic E-state index is -0.833. The third-order valence-electron chi connectivity index (χ3n) is 4.44. The smallest absolute Gasteiger partial charge is 0.240 e. The number of rotatable bonds is 6. The van der Waals surface area contributed by atoms with Crippen molar-refractivity contribution < 1.29 is 9.59 Å². The number of benzene rings is 1. The van der Waals surface area contributed by atoms with Crippen molar-refractivity contribution in [2.45, 2.75) is 37.9 Å². The van der Waals surface area contributed by atoms with Gasteiger partial charge in [-0.15, -0.1) is 24.8 Å². The van der Waals surface area contributed by atoms with Crippen LogP contribution in [0, 0.1) is 0 Å². The summed E-state index contributed by atoms with van der Waals surface area (Å²) in [4.78, 5) is 27.2. The second-order valence-corrected chi connectivity index (χ2v) is 6.22. The summed E-state index contributed by atoms with van der Waals surface area (Å²) in [7, 11) is 1.76. The molecule has 1 aromatic rings. The van der Waals surface area contributed by atoms with Crippen molar-refractivity contribution in [3.05, 3.63) is 35.9 Å². The Balaban J connectivity index is 0.00000288. The molecule has 2 amide bonds. The maximum atomic E-state index is 12.2. The van der Waals surface area contributed by atoms with Crippen LogP contribution in [0.1, 0.15) is 24.8 Å². The Hall–Kier alpha value is -1.34. The highest BCUT2D eigenvalue weighted by Crippen LogP contribution is 2.18. The van der Waals surface area contributed by atoms with E-state index < -0.39 is 11.9 Å². The molecule has 1 aromatic carbocycles. The summed E-state index contributed by atoms with van der Waals surface area (Å²) < 4.78 is 0. The summed E-state index contributed by atoms with van der Waals surface area (Å²) in [6.07, 6.45) is 1.73. The zero-order chi connectivity index (χ0) is 16.8. The lowest BCUT2D eigenvalue weighted by Gasteiger charge is -2.37. The minimum absolute atomic E-state index is 0. The van der Waals surface area contributed by atoms with Crippen LogP contribution in [0.3, 0.4) is 0 Å². The fourth-order valence-electron chi connectivity index (χ4n) is 3.05. The van der Waals surface area contributed by atoms with Crippen molar-refractivity contribution in [1.82, 2.24) is 9.80 Å². The Labute approximate surface area is 161 Å². The summed E-state index contributed by atoms with van der Waals surface area (Å²) in [5.74, 6) is -0.748. The number of hydrogen-bond donors (Lipinski definition) is 2. The fourth-order valence-corrected chi connectivity index (χ4v) is 3.05. The molecule has 1 heterocycles. The first kappa shape index (κ1) is 23.7. The molecule has 0 radical (unpaired) electrons. The molecular formula is C17H28Cl2N4O2. The molecule has 1 unspecified atom stereocenters. The van der Waals surface area contributed by atoms with Crippen molar-refractivity contribution in [3.63, 3.8) is 0 Å². The van der Waals surface area contributed by atoms with Gasteiger partial charge in [0.15, 0.2) is 0 Å². The third kappa shape index (κ3) is 7.20. The number of likely N-dealkylation sites (tertiary alicyclic amines) is 1. The predicted molar refractivity (Wildman–Crippen MR) is 104 cm³/mol. The van der Waals surface area contributed by atoms with E-state index in [0.29, 0.717) is 0 Å². The van der Waals surface area contributed by atoms with Crippen LogP contribution in [0.4, 0.5) is 0 Å². The number of carbonyl (C=O) groups is 2. The first-order valence-electron chi connectivity index (χ1n) is 8.04. The van der Waals surface area contributed by atoms with Crippen LogP contribution in [0.5, 0.6) is 0 Å². The van der Waals surface area contributed by atoms with Gasteiger partial charge in [-0.1, -0.05) is 30.3 Å². The number of halogens is 2. The van der Waals surface area contributed by atoms with Gasteiger partial charge in [0.2, 0.25) is 11.8 Å². The molecule has 0 aromatic heterocycles. The van der Waals surface area contributed by atoms with Gasteiger partial charge in [-0.05, 0) is 18.4 Å². The molecular weight excluding hydrogens is 363 g/mol.